The number of β-lactam (4-membered cyclic amide) rings is 1. The van der Waals surface area contributed by atoms with Gasteiger partial charge in [-0.3, -0.25) is 14.5 Å². The first-order valence-electron chi connectivity index (χ1n) is 28.9. The van der Waals surface area contributed by atoms with Crippen LogP contribution >= 0.6 is 23.1 Å². The van der Waals surface area contributed by atoms with Crippen molar-refractivity contribution in [3.63, 3.8) is 0 Å². The Morgan fingerprint density at radius 1 is 0.652 bits per heavy atom. The van der Waals surface area contributed by atoms with Crippen LogP contribution in [0.25, 0.3) is 11.0 Å². The molecular formula is C73H57N7O7S2. The van der Waals surface area contributed by atoms with Gasteiger partial charge in [0.05, 0.1) is 17.4 Å². The maximum Gasteiger partial charge on any atom is 0.356 e. The molecule has 438 valence electrons. The molecule has 2 atom stereocenters. The molecule has 0 aliphatic carbocycles. The number of benzene rings is 9. The summed E-state index contributed by atoms with van der Waals surface area (Å²) < 4.78 is 8.28. The number of hydrogen-bond acceptors (Lipinski definition) is 13. The van der Waals surface area contributed by atoms with Crippen LogP contribution < -0.4 is 10.6 Å². The van der Waals surface area contributed by atoms with Gasteiger partial charge in [0.1, 0.15) is 28.3 Å². The van der Waals surface area contributed by atoms with Crippen molar-refractivity contribution in [1.29, 1.82) is 0 Å². The summed E-state index contributed by atoms with van der Waals surface area (Å²) in [6, 6.07) is 79.9. The van der Waals surface area contributed by atoms with Crippen LogP contribution in [-0.4, -0.2) is 70.3 Å². The quantitative estimate of drug-likeness (QED) is 0.0142. The van der Waals surface area contributed by atoms with E-state index in [-0.39, 0.29) is 40.9 Å². The van der Waals surface area contributed by atoms with Crippen molar-refractivity contribution < 1.29 is 34.2 Å². The summed E-state index contributed by atoms with van der Waals surface area (Å²) in [6.45, 7) is 0.258. The molecule has 0 saturated carbocycles. The topological polar surface area (TPSA) is 180 Å². The number of carbonyl (C=O) groups is 3. The molecule has 2 aliphatic rings. The molecule has 0 spiro atoms. The number of ether oxygens (including phenoxy) is 1. The van der Waals surface area contributed by atoms with E-state index in [4.69, 9.17) is 19.7 Å². The maximum absolute atomic E-state index is 15.7. The minimum atomic E-state index is -1.41. The summed E-state index contributed by atoms with van der Waals surface area (Å²) in [4.78, 5) is 64.0. The number of nitrogens with one attached hydrogen (secondary N) is 2. The average Bonchev–Trinajstić information content (AvgIpc) is 1.18. The number of thioether (sulfide) groups is 1. The number of rotatable bonds is 20. The van der Waals surface area contributed by atoms with Crippen LogP contribution in [0.5, 0.6) is 11.5 Å². The molecule has 2 aliphatic heterocycles. The molecule has 16 heteroatoms. The second-order valence-electron chi connectivity index (χ2n) is 21.3. The number of anilines is 1. The zero-order valence-corrected chi connectivity index (χ0v) is 49.3. The highest BCUT2D eigenvalue weighted by atomic mass is 32.2. The fourth-order valence-electron chi connectivity index (χ4n) is 11.6. The minimum absolute atomic E-state index is 0.0277. The zero-order chi connectivity index (χ0) is 60.7. The Morgan fingerprint density at radius 2 is 1.12 bits per heavy atom. The highest BCUT2D eigenvalue weighted by Gasteiger charge is 2.55. The summed E-state index contributed by atoms with van der Waals surface area (Å²) in [5.41, 5.74) is 5.67. The third kappa shape index (κ3) is 11.2. The number of allylic oxidation sites excluding steroid dienone is 2. The van der Waals surface area contributed by atoms with Gasteiger partial charge in [0.15, 0.2) is 28.4 Å². The molecule has 0 bridgehead atoms. The zero-order valence-electron chi connectivity index (χ0n) is 47.7. The molecule has 2 amide bonds. The standard InChI is InChI=1S/C73H57N7O7S2/c81-61-44-58-60(45-62(61)82)79(48-74-58)43-25-30-51-46-88-69-64(68(84)80(69)65(51)70(85)86-66(49-26-9-1-10-27-49)50-28-11-2-12-29-50)76-67(83)63(78-87-73(55-37-19-6-20-38-55,56-39-21-7-22-40-56)57-41-23-8-24-42-57)59-47-89-71(75-59)77-72(52-31-13-3-14-32-52,53-33-15-4-16-34-53)54-35-17-5-18-36-54/h1-42,44-45,47-48,64,66,69,81-82H,43,46H2,(H,75,77)(H,76,83)/t64?,69-/m0/s1. The van der Waals surface area contributed by atoms with Crippen LogP contribution in [0.2, 0.25) is 0 Å². The van der Waals surface area contributed by atoms with E-state index in [9.17, 15) is 10.2 Å². The number of thiazole rings is 1. The summed E-state index contributed by atoms with van der Waals surface area (Å²) in [7, 11) is 0. The molecule has 11 aromatic rings. The summed E-state index contributed by atoms with van der Waals surface area (Å²) >= 11 is 2.67. The number of oxime groups is 1. The maximum atomic E-state index is 15.7. The number of imidazole rings is 1. The lowest BCUT2D eigenvalue weighted by Crippen LogP contribution is -2.71. The third-order valence-electron chi connectivity index (χ3n) is 15.9. The lowest BCUT2D eigenvalue weighted by atomic mass is 9.77. The smallest absolute Gasteiger partial charge is 0.356 e. The molecule has 9 aromatic carbocycles. The monoisotopic (exact) mass is 1210 g/mol. The Labute approximate surface area is 521 Å². The van der Waals surface area contributed by atoms with Crippen LogP contribution in [0, 0.1) is 0 Å². The molecule has 2 aromatic heterocycles. The molecule has 89 heavy (non-hydrogen) atoms. The van der Waals surface area contributed by atoms with E-state index < -0.39 is 46.4 Å². The number of nitrogens with zero attached hydrogens (tertiary/aromatic N) is 5. The van der Waals surface area contributed by atoms with E-state index in [1.54, 1.807) is 22.4 Å². The van der Waals surface area contributed by atoms with Crippen LogP contribution in [0.4, 0.5) is 5.13 Å². The van der Waals surface area contributed by atoms with E-state index >= 15 is 14.4 Å². The molecule has 14 nitrogen and oxygen atoms in total. The Kier molecular flexibility index (Phi) is 16.3. The van der Waals surface area contributed by atoms with Crippen LogP contribution in [0.3, 0.4) is 0 Å². The van der Waals surface area contributed by atoms with Gasteiger partial charge in [-0.2, -0.15) is 0 Å². The lowest BCUT2D eigenvalue weighted by Gasteiger charge is -2.49. The molecular weight excluding hydrogens is 1150 g/mol. The molecule has 1 fully saturated rings. The first-order valence-corrected chi connectivity index (χ1v) is 30.8. The van der Waals surface area contributed by atoms with Gasteiger partial charge in [-0.15, -0.1) is 23.1 Å². The largest absolute Gasteiger partial charge is 0.504 e. The van der Waals surface area contributed by atoms with Crippen molar-refractivity contribution in [2.24, 2.45) is 5.16 Å². The number of aromatic hydroxyl groups is 2. The number of phenolic OH excluding ortho intramolecular Hbond substituents is 2. The lowest BCUT2D eigenvalue weighted by molar-refractivity contribution is -0.154. The molecule has 4 heterocycles. The normalized spacial score (nSPS) is 15.2. The molecule has 4 N–H and O–H groups in total. The second kappa shape index (κ2) is 25.3. The Morgan fingerprint density at radius 3 is 1.63 bits per heavy atom. The summed E-state index contributed by atoms with van der Waals surface area (Å²) in [5.74, 6) is -2.37. The molecule has 0 radical (unpaired) electrons. The van der Waals surface area contributed by atoms with Crippen molar-refractivity contribution in [2.75, 3.05) is 11.1 Å². The van der Waals surface area contributed by atoms with E-state index in [1.807, 2.05) is 212 Å². The fraction of sp³-hybridized carbons (Fsp3) is 0.0959. The number of carbonyl (C=O) groups excluding carboxylic acids is 3. The third-order valence-corrected chi connectivity index (χ3v) is 18.0. The minimum Gasteiger partial charge on any atom is -0.504 e. The van der Waals surface area contributed by atoms with Gasteiger partial charge in [-0.05, 0) is 33.4 Å². The van der Waals surface area contributed by atoms with Gasteiger partial charge in [0.2, 0.25) is 5.60 Å². The van der Waals surface area contributed by atoms with Gasteiger partial charge in [-0.25, -0.2) is 14.8 Å². The number of phenols is 2. The Hall–Kier alpha value is -10.8. The number of esters is 1. The van der Waals surface area contributed by atoms with E-state index in [2.05, 4.69) is 52.0 Å². The van der Waals surface area contributed by atoms with Crippen molar-refractivity contribution >= 4 is 62.8 Å². The van der Waals surface area contributed by atoms with Crippen molar-refractivity contribution in [3.8, 4) is 11.5 Å². The van der Waals surface area contributed by atoms with Crippen molar-refractivity contribution in [1.82, 2.24) is 24.8 Å². The van der Waals surface area contributed by atoms with Gasteiger partial charge < -0.3 is 35.0 Å². The Balaban J connectivity index is 0.887. The second-order valence-corrected chi connectivity index (χ2v) is 23.3. The van der Waals surface area contributed by atoms with Gasteiger partial charge in [-0.1, -0.05) is 260 Å². The first-order chi connectivity index (χ1) is 43.7. The summed E-state index contributed by atoms with van der Waals surface area (Å²) in [5, 5.41) is 33.8. The number of fused-ring (bicyclic) bond motifs is 2. The average molecular weight is 1210 g/mol. The predicted molar refractivity (Wildman–Crippen MR) is 347 cm³/mol. The van der Waals surface area contributed by atoms with E-state index in [1.165, 1.54) is 40.1 Å². The number of aromatic nitrogens is 3. The highest BCUT2D eigenvalue weighted by Crippen LogP contribution is 2.45. The van der Waals surface area contributed by atoms with Crippen LogP contribution in [-0.2, 0) is 41.6 Å². The SMILES string of the molecule is O=C(NC1C(=O)N2C(C(=O)OC(c3ccccc3)c3ccccc3)=C(C=CCn3cnc4cc(O)c(O)cc43)CS[C@@H]12)C(=NOC(c1ccccc1)(c1ccccc1)c1ccccc1)c1csc(NC(c2ccccc2)(c2ccccc2)c2ccccc2)n1. The molecule has 13 rings (SSSR count). The Bertz CT molecular complexity index is 4170. The molecule has 1 saturated heterocycles. The van der Waals surface area contributed by atoms with E-state index in [0.717, 1.165) is 44.5 Å². The first kappa shape index (κ1) is 57.3. The van der Waals surface area contributed by atoms with Gasteiger partial charge >= 0.3 is 5.97 Å². The number of hydrogen-bond donors (Lipinski definition) is 4. The van der Waals surface area contributed by atoms with Crippen LogP contribution in [0.1, 0.15) is 56.3 Å². The van der Waals surface area contributed by atoms with E-state index in [0.29, 0.717) is 21.7 Å². The van der Waals surface area contributed by atoms with Crippen molar-refractivity contribution in [2.45, 2.75) is 35.2 Å². The van der Waals surface area contributed by atoms with Crippen LogP contribution in [0.15, 0.2) is 295 Å². The van der Waals surface area contributed by atoms with Crippen molar-refractivity contribution in [3.05, 3.63) is 340 Å². The highest BCUT2D eigenvalue weighted by molar-refractivity contribution is 8.00. The summed E-state index contributed by atoms with van der Waals surface area (Å²) in [6.07, 6.45) is 4.35. The van der Waals surface area contributed by atoms with Gasteiger partial charge in [0.25, 0.3) is 11.8 Å². The number of amides is 2. The molecule has 1 unspecified atom stereocenters. The predicted octanol–water partition coefficient (Wildman–Crippen LogP) is 13.3. The fourth-order valence-corrected chi connectivity index (χ4v) is 13.7. The van der Waals surface area contributed by atoms with Gasteiger partial charge in [0, 0.05) is 46.5 Å².